The quantitative estimate of drug-likeness (QED) is 0.473. The Morgan fingerprint density at radius 3 is 2.41 bits per heavy atom. The van der Waals surface area contributed by atoms with Crippen LogP contribution in [0.5, 0.6) is 17.2 Å². The van der Waals surface area contributed by atoms with Gasteiger partial charge in [-0.3, -0.25) is 14.6 Å². The zero-order valence-corrected chi connectivity index (χ0v) is 19.8. The summed E-state index contributed by atoms with van der Waals surface area (Å²) in [6, 6.07) is 18.2. The normalized spacial score (nSPS) is 20.9. The van der Waals surface area contributed by atoms with E-state index in [4.69, 9.17) is 26.4 Å². The molecule has 2 atom stereocenters. The van der Waals surface area contributed by atoms with Crippen LogP contribution in [0.1, 0.15) is 35.3 Å². The highest BCUT2D eigenvalue weighted by Gasteiger charge is 2.54. The van der Waals surface area contributed by atoms with E-state index in [1.807, 2.05) is 25.1 Å². The van der Waals surface area contributed by atoms with Crippen LogP contribution in [0.2, 0.25) is 0 Å². The summed E-state index contributed by atoms with van der Waals surface area (Å²) in [6.45, 7) is 1.91. The van der Waals surface area contributed by atoms with Gasteiger partial charge in [0.15, 0.2) is 22.3 Å². The Bertz CT molecular complexity index is 1280. The Kier molecular flexibility index (Phi) is 5.40. The lowest BCUT2D eigenvalue weighted by Crippen LogP contribution is -2.67. The second-order valence-corrected chi connectivity index (χ2v) is 8.71. The molecule has 174 valence electrons. The van der Waals surface area contributed by atoms with Gasteiger partial charge in [0.2, 0.25) is 0 Å². The summed E-state index contributed by atoms with van der Waals surface area (Å²) in [5.74, 6) is 0.904. The van der Waals surface area contributed by atoms with Crippen molar-refractivity contribution in [2.45, 2.75) is 25.1 Å². The summed E-state index contributed by atoms with van der Waals surface area (Å²) in [7, 11) is 3.10. The predicted molar refractivity (Wildman–Crippen MR) is 130 cm³/mol. The number of para-hydroxylation sites is 2. The number of amides is 1. The van der Waals surface area contributed by atoms with E-state index < -0.39 is 11.8 Å². The van der Waals surface area contributed by atoms with Crippen molar-refractivity contribution in [3.63, 3.8) is 0 Å². The van der Waals surface area contributed by atoms with Crippen molar-refractivity contribution in [3.05, 3.63) is 83.7 Å². The maximum Gasteiger partial charge on any atom is 0.264 e. The predicted octanol–water partition coefficient (Wildman–Crippen LogP) is 5.33. The standard InChI is InChI=1S/C26H23FN2O4S/c1-26-15-20(18-8-6-10-22(32-3)23(18)33-26)28(24(30)19-7-4-5-9-21(19)31-2)25(34)29(26)17-13-11-16(27)12-14-17/h4-14,20H,15H2,1-3H3/t20-,26+/m0/s1. The molecule has 6 nitrogen and oxygen atoms in total. The van der Waals surface area contributed by atoms with Crippen LogP contribution in [0, 0.1) is 5.82 Å². The number of thiocarbonyl (C=S) groups is 1. The second kappa shape index (κ2) is 8.29. The van der Waals surface area contributed by atoms with Gasteiger partial charge in [-0.25, -0.2) is 4.39 Å². The molecule has 0 aliphatic carbocycles. The monoisotopic (exact) mass is 478 g/mol. The number of benzene rings is 3. The number of carbonyl (C=O) groups excluding carboxylic acids is 1. The SMILES string of the molecule is COc1ccccc1C(=O)N1C(=S)N(c2ccc(F)cc2)[C@@]2(C)C[C@H]1c1cccc(OC)c1O2. The number of nitrogens with zero attached hydrogens (tertiary/aromatic N) is 2. The van der Waals surface area contributed by atoms with Crippen molar-refractivity contribution in [1.82, 2.24) is 4.90 Å². The summed E-state index contributed by atoms with van der Waals surface area (Å²) in [5, 5.41) is 0.259. The van der Waals surface area contributed by atoms with Gasteiger partial charge in [0.1, 0.15) is 11.6 Å². The number of ether oxygens (including phenoxy) is 3. The minimum Gasteiger partial charge on any atom is -0.496 e. The van der Waals surface area contributed by atoms with E-state index >= 15 is 0 Å². The molecule has 1 amide bonds. The van der Waals surface area contributed by atoms with E-state index in [2.05, 4.69) is 0 Å². The Labute approximate surface area is 202 Å². The largest absolute Gasteiger partial charge is 0.496 e. The van der Waals surface area contributed by atoms with Crippen molar-refractivity contribution in [2.24, 2.45) is 0 Å². The zero-order valence-electron chi connectivity index (χ0n) is 18.9. The van der Waals surface area contributed by atoms with Gasteiger partial charge in [-0.15, -0.1) is 0 Å². The number of methoxy groups -OCH3 is 2. The molecule has 2 heterocycles. The molecule has 0 saturated carbocycles. The van der Waals surface area contributed by atoms with Gasteiger partial charge in [0.05, 0.1) is 25.8 Å². The van der Waals surface area contributed by atoms with Crippen molar-refractivity contribution < 1.29 is 23.4 Å². The fourth-order valence-corrected chi connectivity index (χ4v) is 5.27. The number of rotatable bonds is 4. The van der Waals surface area contributed by atoms with Crippen LogP contribution in [-0.2, 0) is 0 Å². The molecular weight excluding hydrogens is 455 g/mol. The fourth-order valence-electron chi connectivity index (χ4n) is 4.76. The molecule has 0 aromatic heterocycles. The first-order chi connectivity index (χ1) is 16.4. The summed E-state index contributed by atoms with van der Waals surface area (Å²) >= 11 is 5.92. The first kappa shape index (κ1) is 22.2. The van der Waals surface area contributed by atoms with Gasteiger partial charge in [0.25, 0.3) is 5.91 Å². The molecule has 5 rings (SSSR count). The molecule has 3 aromatic carbocycles. The number of anilines is 1. The lowest BCUT2D eigenvalue weighted by molar-refractivity contribution is 0.0161. The third-order valence-electron chi connectivity index (χ3n) is 6.31. The van der Waals surface area contributed by atoms with Crippen LogP contribution in [0.25, 0.3) is 0 Å². The molecule has 0 spiro atoms. The molecule has 34 heavy (non-hydrogen) atoms. The van der Waals surface area contributed by atoms with Crippen LogP contribution in [-0.4, -0.2) is 35.9 Å². The molecule has 2 aliphatic heterocycles. The van der Waals surface area contributed by atoms with Crippen LogP contribution < -0.4 is 19.1 Å². The molecule has 2 aliphatic rings. The molecule has 1 saturated heterocycles. The first-order valence-corrected chi connectivity index (χ1v) is 11.2. The van der Waals surface area contributed by atoms with E-state index in [-0.39, 0.29) is 16.8 Å². The summed E-state index contributed by atoms with van der Waals surface area (Å²) in [5.41, 5.74) is 0.884. The molecule has 3 aromatic rings. The van der Waals surface area contributed by atoms with Crippen LogP contribution in [0.3, 0.4) is 0 Å². The molecule has 8 heteroatoms. The summed E-state index contributed by atoms with van der Waals surface area (Å²) in [6.07, 6.45) is 0.436. The van der Waals surface area contributed by atoms with E-state index in [9.17, 15) is 9.18 Å². The van der Waals surface area contributed by atoms with E-state index in [0.717, 1.165) is 5.56 Å². The van der Waals surface area contributed by atoms with Gasteiger partial charge >= 0.3 is 0 Å². The van der Waals surface area contributed by atoms with E-state index in [1.165, 1.54) is 19.2 Å². The van der Waals surface area contributed by atoms with Gasteiger partial charge < -0.3 is 14.2 Å². The summed E-state index contributed by atoms with van der Waals surface area (Å²) in [4.78, 5) is 17.4. The van der Waals surface area contributed by atoms with Crippen molar-refractivity contribution in [2.75, 3.05) is 19.1 Å². The molecule has 1 fully saturated rings. The van der Waals surface area contributed by atoms with Gasteiger partial charge in [0, 0.05) is 17.7 Å². The van der Waals surface area contributed by atoms with Gasteiger partial charge in [-0.2, -0.15) is 0 Å². The van der Waals surface area contributed by atoms with Crippen LogP contribution >= 0.6 is 12.2 Å². The minimum absolute atomic E-state index is 0.259. The highest BCUT2D eigenvalue weighted by atomic mass is 32.1. The molecule has 0 radical (unpaired) electrons. The second-order valence-electron chi connectivity index (χ2n) is 8.35. The summed E-state index contributed by atoms with van der Waals surface area (Å²) < 4.78 is 31.3. The fraction of sp³-hybridized carbons (Fsp3) is 0.231. The Morgan fingerprint density at radius 1 is 1.03 bits per heavy atom. The van der Waals surface area contributed by atoms with Gasteiger partial charge in [-0.1, -0.05) is 24.3 Å². The molecular formula is C26H23FN2O4S. The number of hydrogen-bond donors (Lipinski definition) is 0. The molecule has 0 unspecified atom stereocenters. The zero-order chi connectivity index (χ0) is 24.0. The third-order valence-corrected chi connectivity index (χ3v) is 6.68. The van der Waals surface area contributed by atoms with Crippen molar-refractivity contribution >= 4 is 28.9 Å². The van der Waals surface area contributed by atoms with Crippen molar-refractivity contribution in [3.8, 4) is 17.2 Å². The number of hydrogen-bond acceptors (Lipinski definition) is 5. The molecule has 2 bridgehead atoms. The highest BCUT2D eigenvalue weighted by Crippen LogP contribution is 2.52. The number of halogens is 1. The van der Waals surface area contributed by atoms with E-state index in [0.29, 0.717) is 34.9 Å². The third kappa shape index (κ3) is 3.37. The highest BCUT2D eigenvalue weighted by molar-refractivity contribution is 7.80. The Morgan fingerprint density at radius 2 is 1.71 bits per heavy atom. The maximum absolute atomic E-state index is 14.0. The topological polar surface area (TPSA) is 51.2 Å². The van der Waals surface area contributed by atoms with Gasteiger partial charge in [-0.05, 0) is 61.6 Å². The lowest BCUT2D eigenvalue weighted by atomic mass is 9.88. The maximum atomic E-state index is 14.0. The molecule has 0 N–H and O–H groups in total. The average molecular weight is 479 g/mol. The Hall–Kier alpha value is -3.65. The number of fused-ring (bicyclic) bond motifs is 4. The van der Waals surface area contributed by atoms with E-state index in [1.54, 1.807) is 53.3 Å². The smallest absolute Gasteiger partial charge is 0.264 e. The lowest BCUT2D eigenvalue weighted by Gasteiger charge is -2.55. The Balaban J connectivity index is 1.71. The first-order valence-electron chi connectivity index (χ1n) is 10.8. The number of carbonyl (C=O) groups is 1. The van der Waals surface area contributed by atoms with Crippen LogP contribution in [0.4, 0.5) is 10.1 Å². The van der Waals surface area contributed by atoms with Crippen LogP contribution in [0.15, 0.2) is 66.7 Å². The van der Waals surface area contributed by atoms with Crippen molar-refractivity contribution in [1.29, 1.82) is 0 Å². The minimum atomic E-state index is -0.932. The average Bonchev–Trinajstić information content (AvgIpc) is 2.84.